The first-order valence-electron chi connectivity index (χ1n) is 4.40. The Morgan fingerprint density at radius 1 is 1.59 bits per heavy atom. The van der Waals surface area contributed by atoms with Crippen molar-refractivity contribution in [3.63, 3.8) is 0 Å². The zero-order valence-electron chi connectivity index (χ0n) is 8.30. The maximum absolute atomic E-state index is 11.9. The number of nitro groups is 1. The predicted molar refractivity (Wildman–Crippen MR) is 55.3 cm³/mol. The Balaban J connectivity index is 2.55. The fourth-order valence-electron chi connectivity index (χ4n) is 0.921. The van der Waals surface area contributed by atoms with Gasteiger partial charge in [-0.15, -0.1) is 0 Å². The van der Waals surface area contributed by atoms with Crippen molar-refractivity contribution < 1.29 is 23.6 Å². The van der Waals surface area contributed by atoms with E-state index in [2.05, 4.69) is 5.32 Å². The summed E-state index contributed by atoms with van der Waals surface area (Å²) >= 11 is 0.629. The SMILES string of the molecule is O=C(NCC(O)C(F)F)c1ccc([N+](=O)[O-])s1. The molecule has 1 amide bonds. The molecular weight excluding hydrogens is 258 g/mol. The second kappa shape index (κ2) is 5.64. The van der Waals surface area contributed by atoms with Gasteiger partial charge in [0, 0.05) is 12.6 Å². The number of hydrogen-bond acceptors (Lipinski definition) is 5. The van der Waals surface area contributed by atoms with Crippen LogP contribution in [0.2, 0.25) is 0 Å². The van der Waals surface area contributed by atoms with E-state index in [0.717, 1.165) is 6.07 Å². The predicted octanol–water partition coefficient (Wildman–Crippen LogP) is 1.01. The van der Waals surface area contributed by atoms with Crippen molar-refractivity contribution in [1.29, 1.82) is 0 Å². The van der Waals surface area contributed by atoms with Gasteiger partial charge in [-0.25, -0.2) is 8.78 Å². The van der Waals surface area contributed by atoms with Gasteiger partial charge in [0.05, 0.1) is 9.80 Å². The van der Waals surface area contributed by atoms with Gasteiger partial charge >= 0.3 is 5.00 Å². The summed E-state index contributed by atoms with van der Waals surface area (Å²) in [6, 6.07) is 2.36. The molecule has 1 atom stereocenters. The van der Waals surface area contributed by atoms with E-state index in [1.54, 1.807) is 0 Å². The average Bonchev–Trinajstić information content (AvgIpc) is 2.74. The number of alkyl halides is 2. The Hall–Kier alpha value is -1.61. The maximum Gasteiger partial charge on any atom is 0.324 e. The highest BCUT2D eigenvalue weighted by Crippen LogP contribution is 2.23. The molecule has 0 saturated heterocycles. The molecule has 0 fully saturated rings. The van der Waals surface area contributed by atoms with Crippen LogP contribution in [0.15, 0.2) is 12.1 Å². The van der Waals surface area contributed by atoms with Crippen molar-refractivity contribution in [2.24, 2.45) is 0 Å². The smallest absolute Gasteiger partial charge is 0.324 e. The van der Waals surface area contributed by atoms with Gasteiger partial charge in [-0.3, -0.25) is 14.9 Å². The van der Waals surface area contributed by atoms with Crippen LogP contribution in [0.3, 0.4) is 0 Å². The lowest BCUT2D eigenvalue weighted by atomic mass is 10.3. The number of thiophene rings is 1. The fourth-order valence-corrected chi connectivity index (χ4v) is 1.66. The number of halogens is 2. The van der Waals surface area contributed by atoms with Crippen LogP contribution >= 0.6 is 11.3 Å². The highest BCUT2D eigenvalue weighted by atomic mass is 32.1. The number of carbonyl (C=O) groups is 1. The van der Waals surface area contributed by atoms with Crippen molar-refractivity contribution in [3.05, 3.63) is 27.1 Å². The van der Waals surface area contributed by atoms with E-state index in [1.807, 2.05) is 0 Å². The molecule has 17 heavy (non-hydrogen) atoms. The zero-order valence-corrected chi connectivity index (χ0v) is 9.12. The largest absolute Gasteiger partial charge is 0.385 e. The van der Waals surface area contributed by atoms with E-state index >= 15 is 0 Å². The third kappa shape index (κ3) is 3.71. The molecule has 0 saturated carbocycles. The standard InChI is InChI=1S/C8H8F2N2O4S/c9-7(10)4(13)3-11-8(14)5-1-2-6(17-5)12(15)16/h1-2,4,7,13H,3H2,(H,11,14). The third-order valence-corrected chi connectivity index (χ3v) is 2.79. The molecule has 2 N–H and O–H groups in total. The first-order chi connectivity index (χ1) is 7.91. The Morgan fingerprint density at radius 2 is 2.24 bits per heavy atom. The van der Waals surface area contributed by atoms with Gasteiger partial charge < -0.3 is 10.4 Å². The summed E-state index contributed by atoms with van der Waals surface area (Å²) < 4.78 is 23.8. The van der Waals surface area contributed by atoms with Crippen LogP contribution in [0.1, 0.15) is 9.67 Å². The van der Waals surface area contributed by atoms with Crippen molar-refractivity contribution in [3.8, 4) is 0 Å². The molecule has 1 aromatic heterocycles. The molecule has 1 rings (SSSR count). The van der Waals surface area contributed by atoms with Crippen LogP contribution in [-0.4, -0.2) is 35.0 Å². The summed E-state index contributed by atoms with van der Waals surface area (Å²) in [5.74, 6) is -0.734. The summed E-state index contributed by atoms with van der Waals surface area (Å²) in [7, 11) is 0. The van der Waals surface area contributed by atoms with Crippen LogP contribution in [-0.2, 0) is 0 Å². The van der Waals surface area contributed by atoms with Gasteiger partial charge in [-0.2, -0.15) is 0 Å². The number of amides is 1. The molecule has 94 valence electrons. The lowest BCUT2D eigenvalue weighted by Crippen LogP contribution is -2.35. The second-order valence-electron chi connectivity index (χ2n) is 3.01. The molecular formula is C8H8F2N2O4S. The van der Waals surface area contributed by atoms with Crippen molar-refractivity contribution in [2.75, 3.05) is 6.54 Å². The molecule has 1 heterocycles. The van der Waals surface area contributed by atoms with E-state index in [9.17, 15) is 23.7 Å². The monoisotopic (exact) mass is 266 g/mol. The summed E-state index contributed by atoms with van der Waals surface area (Å²) in [6.45, 7) is -0.609. The normalized spacial score (nSPS) is 12.5. The van der Waals surface area contributed by atoms with Gasteiger partial charge in [0.1, 0.15) is 6.10 Å². The van der Waals surface area contributed by atoms with E-state index in [1.165, 1.54) is 6.07 Å². The van der Waals surface area contributed by atoms with Crippen molar-refractivity contribution in [2.45, 2.75) is 12.5 Å². The summed E-state index contributed by atoms with van der Waals surface area (Å²) in [5, 5.41) is 20.9. The van der Waals surface area contributed by atoms with Gasteiger partial charge in [0.25, 0.3) is 12.3 Å². The Kier molecular flexibility index (Phi) is 4.46. The number of nitrogens with one attached hydrogen (secondary N) is 1. The number of aliphatic hydroxyl groups excluding tert-OH is 1. The highest BCUT2D eigenvalue weighted by Gasteiger charge is 2.19. The number of rotatable bonds is 5. The third-order valence-electron chi connectivity index (χ3n) is 1.76. The van der Waals surface area contributed by atoms with E-state index in [-0.39, 0.29) is 9.88 Å². The number of carbonyl (C=O) groups excluding carboxylic acids is 1. The van der Waals surface area contributed by atoms with Gasteiger partial charge in [-0.05, 0) is 6.07 Å². The molecule has 9 heteroatoms. The van der Waals surface area contributed by atoms with Gasteiger partial charge in [0.15, 0.2) is 0 Å². The number of hydrogen-bond donors (Lipinski definition) is 2. The zero-order chi connectivity index (χ0) is 13.0. The van der Waals surface area contributed by atoms with Crippen molar-refractivity contribution >= 4 is 22.2 Å². The lowest BCUT2D eigenvalue weighted by molar-refractivity contribution is -0.380. The van der Waals surface area contributed by atoms with E-state index in [0.29, 0.717) is 11.3 Å². The molecule has 0 aliphatic heterocycles. The van der Waals surface area contributed by atoms with Gasteiger partial charge in [0.2, 0.25) is 0 Å². The summed E-state index contributed by atoms with van der Waals surface area (Å²) in [5.41, 5.74) is 0. The highest BCUT2D eigenvalue weighted by molar-refractivity contribution is 7.17. The minimum atomic E-state index is -2.95. The van der Waals surface area contributed by atoms with Crippen molar-refractivity contribution in [1.82, 2.24) is 5.32 Å². The molecule has 0 radical (unpaired) electrons. The Bertz CT molecular complexity index is 423. The molecule has 1 unspecified atom stereocenters. The molecule has 1 aromatic rings. The first kappa shape index (κ1) is 13.5. The summed E-state index contributed by atoms with van der Waals surface area (Å²) in [4.78, 5) is 21.0. The number of aliphatic hydroxyl groups is 1. The minimum Gasteiger partial charge on any atom is -0.385 e. The quantitative estimate of drug-likeness (QED) is 0.614. The van der Waals surface area contributed by atoms with Crippen LogP contribution in [0.25, 0.3) is 0 Å². The first-order valence-corrected chi connectivity index (χ1v) is 5.22. The molecule has 0 bridgehead atoms. The van der Waals surface area contributed by atoms with E-state index in [4.69, 9.17) is 5.11 Å². The molecule has 0 aromatic carbocycles. The van der Waals surface area contributed by atoms with Crippen LogP contribution in [0.4, 0.5) is 13.8 Å². The van der Waals surface area contributed by atoms with Crippen LogP contribution < -0.4 is 5.32 Å². The lowest BCUT2D eigenvalue weighted by Gasteiger charge is -2.09. The minimum absolute atomic E-state index is 0.0261. The van der Waals surface area contributed by atoms with Crippen LogP contribution in [0.5, 0.6) is 0 Å². The van der Waals surface area contributed by atoms with Gasteiger partial charge in [-0.1, -0.05) is 11.3 Å². The topological polar surface area (TPSA) is 92.5 Å². The molecule has 6 nitrogen and oxygen atoms in total. The average molecular weight is 266 g/mol. The van der Waals surface area contributed by atoms with Crippen LogP contribution in [0, 0.1) is 10.1 Å². The number of nitrogens with zero attached hydrogens (tertiary/aromatic N) is 1. The Labute approximate surface area is 98.0 Å². The second-order valence-corrected chi connectivity index (χ2v) is 4.07. The molecule has 0 aliphatic rings. The molecule has 0 spiro atoms. The van der Waals surface area contributed by atoms with E-state index < -0.39 is 29.9 Å². The fraction of sp³-hybridized carbons (Fsp3) is 0.375. The summed E-state index contributed by atoms with van der Waals surface area (Å²) in [6.07, 6.45) is -4.90. The maximum atomic E-state index is 11.9. The molecule has 0 aliphatic carbocycles. The Morgan fingerprint density at radius 3 is 2.71 bits per heavy atom.